The number of amides is 2. The third-order valence-corrected chi connectivity index (χ3v) is 8.01. The van der Waals surface area contributed by atoms with Crippen LogP contribution in [0.3, 0.4) is 0 Å². The minimum Gasteiger partial charge on any atom is -0.492 e. The predicted octanol–water partition coefficient (Wildman–Crippen LogP) is 4.53. The first-order chi connectivity index (χ1) is 18.7. The highest BCUT2D eigenvalue weighted by atomic mass is 32.2. The molecule has 3 aromatic carbocycles. The van der Waals surface area contributed by atoms with E-state index >= 15 is 0 Å². The lowest BCUT2D eigenvalue weighted by Crippen LogP contribution is -2.51. The summed E-state index contributed by atoms with van der Waals surface area (Å²) in [5.41, 5.74) is 2.14. The number of nitrogens with one attached hydrogen (secondary N) is 1. The third kappa shape index (κ3) is 7.60. The average Bonchev–Trinajstić information content (AvgIpc) is 2.94. The van der Waals surface area contributed by atoms with Crippen molar-refractivity contribution in [2.75, 3.05) is 24.0 Å². The molecule has 3 aromatic rings. The highest BCUT2D eigenvalue weighted by molar-refractivity contribution is 7.92. The van der Waals surface area contributed by atoms with Crippen molar-refractivity contribution >= 4 is 27.5 Å². The molecule has 1 atom stereocenters. The maximum Gasteiger partial charge on any atom is 0.264 e. The standard InChI is InChI=1S/C30H37N3O5S/c1-5-20-31-30(35)24(4)32(21-25-18-16-23(3)17-19-25)29(34)22-33(27-14-10-11-15-28(27)38-6-2)39(36,37)26-12-8-7-9-13-26/h7-19,24H,5-6,20-22H2,1-4H3,(H,31,35)/t24-/m0/s1. The predicted molar refractivity (Wildman–Crippen MR) is 153 cm³/mol. The fourth-order valence-electron chi connectivity index (χ4n) is 4.04. The summed E-state index contributed by atoms with van der Waals surface area (Å²) in [5, 5.41) is 2.84. The monoisotopic (exact) mass is 551 g/mol. The number of para-hydroxylation sites is 2. The lowest BCUT2D eigenvalue weighted by atomic mass is 10.1. The second-order valence-electron chi connectivity index (χ2n) is 9.20. The summed E-state index contributed by atoms with van der Waals surface area (Å²) in [6.45, 7) is 7.80. The highest BCUT2D eigenvalue weighted by Gasteiger charge is 2.33. The van der Waals surface area contributed by atoms with E-state index in [9.17, 15) is 18.0 Å². The Kier molecular flexibility index (Phi) is 10.5. The number of nitrogens with zero attached hydrogens (tertiary/aromatic N) is 2. The van der Waals surface area contributed by atoms with Crippen LogP contribution in [0.1, 0.15) is 38.3 Å². The number of hydrogen-bond acceptors (Lipinski definition) is 5. The van der Waals surface area contributed by atoms with E-state index in [0.717, 1.165) is 21.9 Å². The summed E-state index contributed by atoms with van der Waals surface area (Å²) < 4.78 is 34.6. The molecule has 0 saturated carbocycles. The number of rotatable bonds is 13. The molecule has 1 N–H and O–H groups in total. The molecule has 0 saturated heterocycles. The molecular weight excluding hydrogens is 514 g/mol. The van der Waals surface area contributed by atoms with Crippen LogP contribution in [-0.4, -0.2) is 50.9 Å². The van der Waals surface area contributed by atoms with Crippen LogP contribution in [0.5, 0.6) is 5.75 Å². The number of carbonyl (C=O) groups excluding carboxylic acids is 2. The van der Waals surface area contributed by atoms with Gasteiger partial charge in [0.15, 0.2) is 0 Å². The Hall–Kier alpha value is -3.85. The molecule has 39 heavy (non-hydrogen) atoms. The van der Waals surface area contributed by atoms with Crippen molar-refractivity contribution in [1.82, 2.24) is 10.2 Å². The van der Waals surface area contributed by atoms with Gasteiger partial charge in [-0.25, -0.2) is 8.42 Å². The fourth-order valence-corrected chi connectivity index (χ4v) is 5.49. The molecule has 208 valence electrons. The lowest BCUT2D eigenvalue weighted by Gasteiger charge is -2.32. The number of carbonyl (C=O) groups is 2. The molecule has 0 radical (unpaired) electrons. The van der Waals surface area contributed by atoms with Gasteiger partial charge in [0.2, 0.25) is 11.8 Å². The van der Waals surface area contributed by atoms with E-state index in [1.54, 1.807) is 56.3 Å². The first-order valence-corrected chi connectivity index (χ1v) is 14.5. The van der Waals surface area contributed by atoms with E-state index in [2.05, 4.69) is 5.32 Å². The van der Waals surface area contributed by atoms with Crippen molar-refractivity contribution in [3.8, 4) is 5.75 Å². The van der Waals surface area contributed by atoms with Crippen LogP contribution in [-0.2, 0) is 26.2 Å². The Balaban J connectivity index is 2.05. The largest absolute Gasteiger partial charge is 0.492 e. The van der Waals surface area contributed by atoms with Gasteiger partial charge in [-0.2, -0.15) is 0 Å². The summed E-state index contributed by atoms with van der Waals surface area (Å²) in [4.78, 5) is 28.4. The molecule has 0 aromatic heterocycles. The Morgan fingerprint density at radius 2 is 1.56 bits per heavy atom. The number of hydrogen-bond donors (Lipinski definition) is 1. The molecule has 3 rings (SSSR count). The number of benzene rings is 3. The van der Waals surface area contributed by atoms with Crippen LogP contribution >= 0.6 is 0 Å². The van der Waals surface area contributed by atoms with E-state index in [1.165, 1.54) is 17.0 Å². The average molecular weight is 552 g/mol. The van der Waals surface area contributed by atoms with Crippen LogP contribution in [0, 0.1) is 6.92 Å². The minimum atomic E-state index is -4.16. The van der Waals surface area contributed by atoms with Crippen LogP contribution in [0.2, 0.25) is 0 Å². The Bertz CT molecular complexity index is 1340. The van der Waals surface area contributed by atoms with Crippen LogP contribution in [0.25, 0.3) is 0 Å². The van der Waals surface area contributed by atoms with Crippen LogP contribution in [0.4, 0.5) is 5.69 Å². The lowest BCUT2D eigenvalue weighted by molar-refractivity contribution is -0.139. The second-order valence-corrected chi connectivity index (χ2v) is 11.1. The zero-order chi connectivity index (χ0) is 28.4. The molecule has 0 fully saturated rings. The molecular formula is C30H37N3O5S. The zero-order valence-corrected chi connectivity index (χ0v) is 23.8. The van der Waals surface area contributed by atoms with Gasteiger partial charge in [-0.1, -0.05) is 67.1 Å². The van der Waals surface area contributed by atoms with E-state index < -0.39 is 28.5 Å². The van der Waals surface area contributed by atoms with E-state index in [0.29, 0.717) is 18.9 Å². The van der Waals surface area contributed by atoms with Crippen LogP contribution in [0.15, 0.2) is 83.8 Å². The van der Waals surface area contributed by atoms with Crippen molar-refractivity contribution in [2.24, 2.45) is 0 Å². The van der Waals surface area contributed by atoms with Gasteiger partial charge in [0.25, 0.3) is 10.0 Å². The Morgan fingerprint density at radius 3 is 2.21 bits per heavy atom. The van der Waals surface area contributed by atoms with Gasteiger partial charge in [-0.05, 0) is 57.0 Å². The smallest absolute Gasteiger partial charge is 0.264 e. The summed E-state index contributed by atoms with van der Waals surface area (Å²) >= 11 is 0. The van der Waals surface area contributed by atoms with Crippen LogP contribution < -0.4 is 14.4 Å². The summed E-state index contributed by atoms with van der Waals surface area (Å²) in [6, 6.07) is 21.5. The first kappa shape index (κ1) is 29.7. The van der Waals surface area contributed by atoms with Gasteiger partial charge in [0.05, 0.1) is 17.2 Å². The maximum absolute atomic E-state index is 14.0. The molecule has 0 unspecified atom stereocenters. The van der Waals surface area contributed by atoms with E-state index in [1.807, 2.05) is 38.1 Å². The van der Waals surface area contributed by atoms with Crippen molar-refractivity contribution in [1.29, 1.82) is 0 Å². The quantitative estimate of drug-likeness (QED) is 0.337. The molecule has 0 aliphatic heterocycles. The van der Waals surface area contributed by atoms with Crippen molar-refractivity contribution < 1.29 is 22.7 Å². The normalized spacial score (nSPS) is 11.9. The highest BCUT2D eigenvalue weighted by Crippen LogP contribution is 2.32. The zero-order valence-electron chi connectivity index (χ0n) is 23.0. The van der Waals surface area contributed by atoms with Crippen molar-refractivity contribution in [3.05, 3.63) is 90.0 Å². The molecule has 0 heterocycles. The van der Waals surface area contributed by atoms with Gasteiger partial charge in [-0.3, -0.25) is 13.9 Å². The van der Waals surface area contributed by atoms with Gasteiger partial charge < -0.3 is 15.0 Å². The number of aryl methyl sites for hydroxylation is 1. The molecule has 0 aliphatic carbocycles. The third-order valence-electron chi connectivity index (χ3n) is 6.23. The summed E-state index contributed by atoms with van der Waals surface area (Å²) in [7, 11) is -4.16. The number of sulfonamides is 1. The summed E-state index contributed by atoms with van der Waals surface area (Å²) in [5.74, 6) is -0.476. The molecule has 0 bridgehead atoms. The number of ether oxygens (including phenoxy) is 1. The minimum absolute atomic E-state index is 0.0444. The topological polar surface area (TPSA) is 96.0 Å². The fraction of sp³-hybridized carbons (Fsp3) is 0.333. The molecule has 8 nitrogen and oxygen atoms in total. The molecule has 0 spiro atoms. The summed E-state index contributed by atoms with van der Waals surface area (Å²) in [6.07, 6.45) is 0.752. The second kappa shape index (κ2) is 13.8. The molecule has 0 aliphatic rings. The Labute approximate surface area is 231 Å². The van der Waals surface area contributed by atoms with Gasteiger partial charge in [0.1, 0.15) is 18.3 Å². The van der Waals surface area contributed by atoms with Crippen molar-refractivity contribution in [2.45, 2.75) is 51.6 Å². The van der Waals surface area contributed by atoms with Crippen molar-refractivity contribution in [3.63, 3.8) is 0 Å². The van der Waals surface area contributed by atoms with Gasteiger partial charge >= 0.3 is 0 Å². The van der Waals surface area contributed by atoms with Gasteiger partial charge in [-0.15, -0.1) is 0 Å². The SMILES string of the molecule is CCCNC(=O)[C@H](C)N(Cc1ccc(C)cc1)C(=O)CN(c1ccccc1OCC)S(=O)(=O)c1ccccc1. The maximum atomic E-state index is 14.0. The first-order valence-electron chi connectivity index (χ1n) is 13.1. The number of anilines is 1. The van der Waals surface area contributed by atoms with E-state index in [4.69, 9.17) is 4.74 Å². The van der Waals surface area contributed by atoms with E-state index in [-0.39, 0.29) is 23.0 Å². The molecule has 9 heteroatoms. The molecule has 2 amide bonds. The Morgan fingerprint density at radius 1 is 0.923 bits per heavy atom. The van der Waals surface area contributed by atoms with Gasteiger partial charge in [0, 0.05) is 13.1 Å².